The predicted octanol–water partition coefficient (Wildman–Crippen LogP) is 0.470. The summed E-state index contributed by atoms with van der Waals surface area (Å²) < 4.78 is 1.51. The molecule has 0 aliphatic heterocycles. The molecule has 21 heavy (non-hydrogen) atoms. The van der Waals surface area contributed by atoms with E-state index < -0.39 is 5.91 Å². The van der Waals surface area contributed by atoms with Gasteiger partial charge < -0.3 is 16.8 Å². The largest absolute Gasteiger partial charge is 0.366 e. The van der Waals surface area contributed by atoms with E-state index in [0.29, 0.717) is 18.7 Å². The van der Waals surface area contributed by atoms with Crippen LogP contribution >= 0.6 is 0 Å². The van der Waals surface area contributed by atoms with E-state index in [-0.39, 0.29) is 12.3 Å². The Hall–Kier alpha value is -2.67. The fraction of sp³-hybridized carbons (Fsp3) is 0.214. The molecule has 0 fully saturated rings. The third-order valence-electron chi connectivity index (χ3n) is 2.96. The monoisotopic (exact) mass is 287 g/mol. The van der Waals surface area contributed by atoms with Gasteiger partial charge in [0.25, 0.3) is 5.91 Å². The van der Waals surface area contributed by atoms with Crippen molar-refractivity contribution in [3.63, 3.8) is 0 Å². The van der Waals surface area contributed by atoms with Gasteiger partial charge in [0.05, 0.1) is 11.8 Å². The number of aryl methyl sites for hydroxylation is 1. The van der Waals surface area contributed by atoms with E-state index in [0.717, 1.165) is 11.3 Å². The van der Waals surface area contributed by atoms with E-state index in [1.165, 1.54) is 17.1 Å². The van der Waals surface area contributed by atoms with Gasteiger partial charge in [-0.2, -0.15) is 5.10 Å². The van der Waals surface area contributed by atoms with Gasteiger partial charge in [0.2, 0.25) is 5.91 Å². The van der Waals surface area contributed by atoms with Gasteiger partial charge in [-0.3, -0.25) is 14.3 Å². The van der Waals surface area contributed by atoms with Gasteiger partial charge >= 0.3 is 0 Å². The molecule has 0 aliphatic carbocycles. The second-order valence-corrected chi connectivity index (χ2v) is 4.56. The Morgan fingerprint density at radius 3 is 2.52 bits per heavy atom. The van der Waals surface area contributed by atoms with E-state index in [2.05, 4.69) is 10.4 Å². The van der Waals surface area contributed by atoms with Crippen LogP contribution in [-0.2, 0) is 17.9 Å². The zero-order valence-electron chi connectivity index (χ0n) is 11.5. The summed E-state index contributed by atoms with van der Waals surface area (Å²) in [6, 6.07) is 7.34. The highest BCUT2D eigenvalue weighted by molar-refractivity contribution is 5.92. The maximum absolute atomic E-state index is 11.8. The number of rotatable bonds is 6. The quantitative estimate of drug-likeness (QED) is 0.716. The Kier molecular flexibility index (Phi) is 4.68. The van der Waals surface area contributed by atoms with Crippen LogP contribution in [-0.4, -0.2) is 21.6 Å². The molecule has 7 heteroatoms. The van der Waals surface area contributed by atoms with Crippen LogP contribution in [0.25, 0.3) is 0 Å². The lowest BCUT2D eigenvalue weighted by molar-refractivity contribution is -0.116. The standard InChI is InChI=1S/C14H17N5O2/c15-7-10-1-3-12(4-2-10)18-13(20)5-6-19-9-11(8-17-19)14(16)21/h1-4,8-9H,5-7,15H2,(H2,16,21)(H,18,20). The number of anilines is 1. The number of primary amides is 1. The van der Waals surface area contributed by atoms with E-state index in [1.807, 2.05) is 12.1 Å². The van der Waals surface area contributed by atoms with Crippen LogP contribution in [0.1, 0.15) is 22.3 Å². The molecule has 0 atom stereocenters. The summed E-state index contributed by atoms with van der Waals surface area (Å²) in [6.45, 7) is 0.843. The van der Waals surface area contributed by atoms with Crippen LogP contribution in [0, 0.1) is 0 Å². The number of carbonyl (C=O) groups excluding carboxylic acids is 2. The van der Waals surface area contributed by atoms with Crippen molar-refractivity contribution in [3.8, 4) is 0 Å². The maximum Gasteiger partial charge on any atom is 0.251 e. The molecule has 0 aliphatic rings. The first kappa shape index (κ1) is 14.7. The number of benzene rings is 1. The molecule has 0 unspecified atom stereocenters. The van der Waals surface area contributed by atoms with Crippen molar-refractivity contribution in [1.29, 1.82) is 0 Å². The lowest BCUT2D eigenvalue weighted by atomic mass is 10.2. The summed E-state index contributed by atoms with van der Waals surface area (Å²) in [5.74, 6) is -0.669. The third-order valence-corrected chi connectivity index (χ3v) is 2.96. The maximum atomic E-state index is 11.8. The Labute approximate surface area is 121 Å². The van der Waals surface area contributed by atoms with E-state index >= 15 is 0 Å². The highest BCUT2D eigenvalue weighted by Gasteiger charge is 2.06. The minimum Gasteiger partial charge on any atom is -0.366 e. The number of hydrogen-bond acceptors (Lipinski definition) is 4. The van der Waals surface area contributed by atoms with Crippen molar-refractivity contribution in [2.75, 3.05) is 5.32 Å². The molecular weight excluding hydrogens is 270 g/mol. The van der Waals surface area contributed by atoms with Crippen molar-refractivity contribution >= 4 is 17.5 Å². The van der Waals surface area contributed by atoms with E-state index in [1.54, 1.807) is 12.1 Å². The van der Waals surface area contributed by atoms with Crippen molar-refractivity contribution in [2.45, 2.75) is 19.5 Å². The van der Waals surface area contributed by atoms with E-state index in [4.69, 9.17) is 11.5 Å². The lowest BCUT2D eigenvalue weighted by Gasteiger charge is -2.06. The van der Waals surface area contributed by atoms with Crippen LogP contribution in [0.15, 0.2) is 36.7 Å². The Bertz CT molecular complexity index is 633. The molecule has 7 nitrogen and oxygen atoms in total. The number of nitrogens with two attached hydrogens (primary N) is 2. The fourth-order valence-corrected chi connectivity index (χ4v) is 1.78. The number of nitrogens with zero attached hydrogens (tertiary/aromatic N) is 2. The molecule has 5 N–H and O–H groups in total. The smallest absolute Gasteiger partial charge is 0.251 e. The van der Waals surface area contributed by atoms with Crippen LogP contribution in [0.2, 0.25) is 0 Å². The lowest BCUT2D eigenvalue weighted by Crippen LogP contribution is -2.15. The highest BCUT2D eigenvalue weighted by atomic mass is 16.2. The van der Waals surface area contributed by atoms with Gasteiger partial charge in [0.15, 0.2) is 0 Å². The SMILES string of the molecule is NCc1ccc(NC(=O)CCn2cc(C(N)=O)cn2)cc1. The third kappa shape index (κ3) is 4.15. The topological polar surface area (TPSA) is 116 Å². The summed E-state index contributed by atoms with van der Waals surface area (Å²) in [6.07, 6.45) is 3.15. The zero-order valence-corrected chi connectivity index (χ0v) is 11.5. The van der Waals surface area contributed by atoms with Crippen molar-refractivity contribution in [1.82, 2.24) is 9.78 Å². The molecule has 0 saturated heterocycles. The van der Waals surface area contributed by atoms with Gasteiger partial charge in [-0.25, -0.2) is 0 Å². The predicted molar refractivity (Wildman–Crippen MR) is 78.3 cm³/mol. The summed E-state index contributed by atoms with van der Waals surface area (Å²) in [4.78, 5) is 22.7. The molecule has 1 heterocycles. The minimum atomic E-state index is -0.536. The highest BCUT2D eigenvalue weighted by Crippen LogP contribution is 2.09. The molecule has 0 bridgehead atoms. The van der Waals surface area contributed by atoms with Crippen LogP contribution < -0.4 is 16.8 Å². The number of hydrogen-bond donors (Lipinski definition) is 3. The normalized spacial score (nSPS) is 10.3. The fourth-order valence-electron chi connectivity index (χ4n) is 1.78. The molecule has 2 aromatic rings. The number of nitrogens with one attached hydrogen (secondary N) is 1. The molecule has 110 valence electrons. The number of amides is 2. The van der Waals surface area contributed by atoms with Crippen LogP contribution in [0.4, 0.5) is 5.69 Å². The van der Waals surface area contributed by atoms with Crippen LogP contribution in [0.5, 0.6) is 0 Å². The summed E-state index contributed by atoms with van der Waals surface area (Å²) in [7, 11) is 0. The summed E-state index contributed by atoms with van der Waals surface area (Å²) >= 11 is 0. The molecule has 0 radical (unpaired) electrons. The van der Waals surface area contributed by atoms with Crippen LogP contribution in [0.3, 0.4) is 0 Å². The Balaban J connectivity index is 1.84. The van der Waals surface area contributed by atoms with Crippen molar-refractivity contribution in [2.24, 2.45) is 11.5 Å². The Morgan fingerprint density at radius 1 is 1.24 bits per heavy atom. The second-order valence-electron chi connectivity index (χ2n) is 4.56. The molecule has 2 rings (SSSR count). The van der Waals surface area contributed by atoms with E-state index in [9.17, 15) is 9.59 Å². The average Bonchev–Trinajstić information content (AvgIpc) is 2.95. The second kappa shape index (κ2) is 6.67. The molecule has 0 spiro atoms. The minimum absolute atomic E-state index is 0.133. The first-order valence-corrected chi connectivity index (χ1v) is 6.49. The molecule has 2 amide bonds. The van der Waals surface area contributed by atoms with Gasteiger partial charge in [-0.15, -0.1) is 0 Å². The first-order valence-electron chi connectivity index (χ1n) is 6.49. The van der Waals surface area contributed by atoms with Gasteiger partial charge in [0.1, 0.15) is 0 Å². The first-order chi connectivity index (χ1) is 10.1. The molecule has 1 aromatic heterocycles. The van der Waals surface area contributed by atoms with Gasteiger partial charge in [-0.05, 0) is 17.7 Å². The molecule has 1 aromatic carbocycles. The molecular formula is C14H17N5O2. The number of carbonyl (C=O) groups is 2. The summed E-state index contributed by atoms with van der Waals surface area (Å²) in [5, 5.41) is 6.74. The van der Waals surface area contributed by atoms with Crippen molar-refractivity contribution in [3.05, 3.63) is 47.8 Å². The number of aromatic nitrogens is 2. The van der Waals surface area contributed by atoms with Crippen molar-refractivity contribution < 1.29 is 9.59 Å². The summed E-state index contributed by atoms with van der Waals surface area (Å²) in [5.41, 5.74) is 12.7. The zero-order chi connectivity index (χ0) is 15.2. The molecule has 0 saturated carbocycles. The Morgan fingerprint density at radius 2 is 1.95 bits per heavy atom. The average molecular weight is 287 g/mol. The van der Waals surface area contributed by atoms with Gasteiger partial charge in [0, 0.05) is 31.4 Å². The van der Waals surface area contributed by atoms with Gasteiger partial charge in [-0.1, -0.05) is 12.1 Å².